The minimum absolute atomic E-state index is 0.0322. The first-order chi connectivity index (χ1) is 13.7. The summed E-state index contributed by atoms with van der Waals surface area (Å²) in [6.45, 7) is 2.93. The fraction of sp³-hybridized carbons (Fsp3) is 0.429. The van der Waals surface area contributed by atoms with E-state index in [1.165, 1.54) is 5.56 Å². The summed E-state index contributed by atoms with van der Waals surface area (Å²) in [6.07, 6.45) is 3.90. The molecule has 1 aromatic carbocycles. The molecule has 0 saturated carbocycles. The van der Waals surface area contributed by atoms with Crippen molar-refractivity contribution in [3.8, 4) is 0 Å². The van der Waals surface area contributed by atoms with Gasteiger partial charge in [-0.2, -0.15) is 4.98 Å². The molecule has 28 heavy (non-hydrogen) atoms. The van der Waals surface area contributed by atoms with E-state index in [0.717, 1.165) is 37.0 Å². The summed E-state index contributed by atoms with van der Waals surface area (Å²) < 4.78 is 10.9. The lowest BCUT2D eigenvalue weighted by atomic mass is 9.89. The molecule has 1 saturated heterocycles. The van der Waals surface area contributed by atoms with E-state index in [4.69, 9.17) is 9.05 Å². The van der Waals surface area contributed by atoms with Gasteiger partial charge in [0.25, 0.3) is 5.91 Å². The summed E-state index contributed by atoms with van der Waals surface area (Å²) in [5.74, 6) is 2.08. The minimum Gasteiger partial charge on any atom is -0.360 e. The third-order valence-electron chi connectivity index (χ3n) is 5.85. The maximum absolute atomic E-state index is 13.3. The van der Waals surface area contributed by atoms with E-state index >= 15 is 0 Å². The van der Waals surface area contributed by atoms with E-state index in [9.17, 15) is 4.79 Å². The second-order valence-electron chi connectivity index (χ2n) is 7.65. The van der Waals surface area contributed by atoms with E-state index in [1.807, 2.05) is 30.0 Å². The van der Waals surface area contributed by atoms with Crippen molar-refractivity contribution >= 4 is 5.91 Å². The Morgan fingerprint density at radius 3 is 2.61 bits per heavy atom. The predicted molar refractivity (Wildman–Crippen MR) is 100 cm³/mol. The van der Waals surface area contributed by atoms with Crippen molar-refractivity contribution in [1.29, 1.82) is 0 Å². The number of nitrogens with zero attached hydrogens (tertiary/aromatic N) is 4. The van der Waals surface area contributed by atoms with Gasteiger partial charge in [0, 0.05) is 31.0 Å². The molecule has 1 fully saturated rings. The zero-order chi connectivity index (χ0) is 19.1. The molecule has 0 unspecified atom stereocenters. The molecule has 1 aliphatic heterocycles. The Labute approximate surface area is 162 Å². The second-order valence-corrected chi connectivity index (χ2v) is 7.65. The van der Waals surface area contributed by atoms with Gasteiger partial charge in [-0.05, 0) is 31.7 Å². The summed E-state index contributed by atoms with van der Waals surface area (Å²) in [7, 11) is 0. The number of rotatable bonds is 3. The van der Waals surface area contributed by atoms with Crippen LogP contribution in [0.15, 0.2) is 39.4 Å². The van der Waals surface area contributed by atoms with E-state index < -0.39 is 0 Å². The zero-order valence-electron chi connectivity index (χ0n) is 15.8. The summed E-state index contributed by atoms with van der Waals surface area (Å²) in [5.41, 5.74) is 2.63. The molecule has 7 nitrogen and oxygen atoms in total. The third kappa shape index (κ3) is 2.91. The molecule has 3 heterocycles. The van der Waals surface area contributed by atoms with Crippen LogP contribution in [0.3, 0.4) is 0 Å². The van der Waals surface area contributed by atoms with Crippen molar-refractivity contribution in [1.82, 2.24) is 20.2 Å². The van der Waals surface area contributed by atoms with Crippen LogP contribution in [0.4, 0.5) is 0 Å². The number of benzene rings is 1. The van der Waals surface area contributed by atoms with Crippen LogP contribution >= 0.6 is 0 Å². The Kier molecular flexibility index (Phi) is 4.22. The monoisotopic (exact) mass is 378 g/mol. The van der Waals surface area contributed by atoms with E-state index in [0.29, 0.717) is 30.5 Å². The zero-order valence-corrected chi connectivity index (χ0v) is 15.8. The third-order valence-corrected chi connectivity index (χ3v) is 5.85. The van der Waals surface area contributed by atoms with Crippen molar-refractivity contribution in [3.05, 3.63) is 64.6 Å². The normalized spacial score (nSPS) is 21.7. The van der Waals surface area contributed by atoms with Crippen molar-refractivity contribution in [2.45, 2.75) is 44.4 Å². The second kappa shape index (κ2) is 6.89. The molecule has 3 aromatic rings. The summed E-state index contributed by atoms with van der Waals surface area (Å²) in [5, 5.41) is 8.07. The lowest BCUT2D eigenvalue weighted by Crippen LogP contribution is -2.30. The van der Waals surface area contributed by atoms with Gasteiger partial charge in [-0.15, -0.1) is 0 Å². The Bertz CT molecular complexity index is 994. The fourth-order valence-corrected chi connectivity index (χ4v) is 4.42. The van der Waals surface area contributed by atoms with Gasteiger partial charge in [-0.1, -0.05) is 40.6 Å². The molecule has 144 valence electrons. The number of carbonyl (C=O) groups excluding carboxylic acids is 1. The molecular weight excluding hydrogens is 356 g/mol. The Morgan fingerprint density at radius 1 is 1.04 bits per heavy atom. The molecule has 1 amide bonds. The van der Waals surface area contributed by atoms with Crippen LogP contribution in [0.25, 0.3) is 0 Å². The number of hydrogen-bond acceptors (Lipinski definition) is 6. The SMILES string of the molecule is Cc1noc([C@@H]2CN(C(=O)c3noc4c3CCCC4)C[C@H]2c2ccccc2)n1. The molecule has 0 radical (unpaired) electrons. The van der Waals surface area contributed by atoms with Crippen LogP contribution in [0.5, 0.6) is 0 Å². The molecule has 2 atom stereocenters. The number of aromatic nitrogens is 3. The highest BCUT2D eigenvalue weighted by molar-refractivity contribution is 5.94. The highest BCUT2D eigenvalue weighted by Gasteiger charge is 2.41. The average Bonchev–Trinajstić information content (AvgIpc) is 3.46. The molecular formula is C21H22N4O3. The first-order valence-corrected chi connectivity index (χ1v) is 9.82. The van der Waals surface area contributed by atoms with Crippen LogP contribution in [-0.4, -0.2) is 39.2 Å². The molecule has 1 aliphatic carbocycles. The van der Waals surface area contributed by atoms with Crippen molar-refractivity contribution in [2.75, 3.05) is 13.1 Å². The van der Waals surface area contributed by atoms with Gasteiger partial charge in [-0.3, -0.25) is 4.79 Å². The fourth-order valence-electron chi connectivity index (χ4n) is 4.42. The number of carbonyl (C=O) groups is 1. The number of aryl methyl sites for hydroxylation is 2. The van der Waals surface area contributed by atoms with E-state index in [-0.39, 0.29) is 17.7 Å². The van der Waals surface area contributed by atoms with E-state index in [1.54, 1.807) is 0 Å². The summed E-state index contributed by atoms with van der Waals surface area (Å²) in [4.78, 5) is 19.6. The van der Waals surface area contributed by atoms with Crippen LogP contribution in [0.1, 0.15) is 63.8 Å². The molecule has 0 spiro atoms. The minimum atomic E-state index is -0.0634. The quantitative estimate of drug-likeness (QED) is 0.695. The average molecular weight is 378 g/mol. The lowest BCUT2D eigenvalue weighted by molar-refractivity contribution is 0.0777. The summed E-state index contributed by atoms with van der Waals surface area (Å²) in [6, 6.07) is 10.2. The first kappa shape index (κ1) is 17.2. The van der Waals surface area contributed by atoms with Gasteiger partial charge in [0.15, 0.2) is 11.5 Å². The predicted octanol–water partition coefficient (Wildman–Crippen LogP) is 3.27. The molecule has 5 rings (SSSR count). The van der Waals surface area contributed by atoms with Crippen LogP contribution in [0.2, 0.25) is 0 Å². The Hall–Kier alpha value is -2.96. The standard InChI is InChI=1S/C21H22N4O3/c1-13-22-20(28-23-13)17-12-25(11-16(17)14-7-3-2-4-8-14)21(26)19-15-9-5-6-10-18(15)27-24-19/h2-4,7-8,16-17H,5-6,9-12H2,1H3/t16-,17+/m0/s1. The topological polar surface area (TPSA) is 85.3 Å². The first-order valence-electron chi connectivity index (χ1n) is 9.82. The lowest BCUT2D eigenvalue weighted by Gasteiger charge is -2.16. The smallest absolute Gasteiger partial charge is 0.276 e. The number of likely N-dealkylation sites (tertiary alicyclic amines) is 1. The molecule has 7 heteroatoms. The van der Waals surface area contributed by atoms with Gasteiger partial charge in [-0.25, -0.2) is 0 Å². The number of amides is 1. The molecule has 0 N–H and O–H groups in total. The van der Waals surface area contributed by atoms with Crippen LogP contribution < -0.4 is 0 Å². The highest BCUT2D eigenvalue weighted by atomic mass is 16.5. The van der Waals surface area contributed by atoms with Gasteiger partial charge in [0.1, 0.15) is 5.76 Å². The van der Waals surface area contributed by atoms with Gasteiger partial charge < -0.3 is 13.9 Å². The number of fused-ring (bicyclic) bond motifs is 1. The van der Waals surface area contributed by atoms with Gasteiger partial charge in [0.05, 0.1) is 5.92 Å². The van der Waals surface area contributed by atoms with Crippen molar-refractivity contribution < 1.29 is 13.8 Å². The molecule has 2 aromatic heterocycles. The maximum Gasteiger partial charge on any atom is 0.276 e. The van der Waals surface area contributed by atoms with E-state index in [2.05, 4.69) is 27.4 Å². The van der Waals surface area contributed by atoms with Gasteiger partial charge >= 0.3 is 0 Å². The van der Waals surface area contributed by atoms with Crippen molar-refractivity contribution in [2.24, 2.45) is 0 Å². The van der Waals surface area contributed by atoms with Gasteiger partial charge in [0.2, 0.25) is 5.89 Å². The maximum atomic E-state index is 13.3. The molecule has 0 bridgehead atoms. The number of hydrogen-bond donors (Lipinski definition) is 0. The highest BCUT2D eigenvalue weighted by Crippen LogP contribution is 2.40. The molecule has 2 aliphatic rings. The van der Waals surface area contributed by atoms with Crippen molar-refractivity contribution in [3.63, 3.8) is 0 Å². The largest absolute Gasteiger partial charge is 0.360 e. The van der Waals surface area contributed by atoms with Crippen LogP contribution in [-0.2, 0) is 12.8 Å². The van der Waals surface area contributed by atoms with Crippen LogP contribution in [0, 0.1) is 6.92 Å². The Balaban J connectivity index is 1.46. The Morgan fingerprint density at radius 2 is 1.82 bits per heavy atom. The summed E-state index contributed by atoms with van der Waals surface area (Å²) >= 11 is 0.